The zero-order valence-electron chi connectivity index (χ0n) is 12.9. The smallest absolute Gasteiger partial charge is 0.255 e. The van der Waals surface area contributed by atoms with Gasteiger partial charge in [-0.3, -0.25) is 9.59 Å². The quantitative estimate of drug-likeness (QED) is 0.800. The second-order valence-electron chi connectivity index (χ2n) is 5.12. The molecular weight excluding hydrogens is 295 g/mol. The summed E-state index contributed by atoms with van der Waals surface area (Å²) >= 11 is 0. The Morgan fingerprint density at radius 1 is 1.00 bits per heavy atom. The third-order valence-electron chi connectivity index (χ3n) is 3.34. The van der Waals surface area contributed by atoms with Crippen LogP contribution in [0.1, 0.15) is 40.5 Å². The lowest BCUT2D eigenvalue weighted by atomic mass is 10.1. The van der Waals surface area contributed by atoms with Gasteiger partial charge in [-0.15, -0.1) is 0 Å². The fraction of sp³-hybridized carbons (Fsp3) is 0.222. The molecule has 2 aromatic rings. The van der Waals surface area contributed by atoms with E-state index < -0.39 is 5.82 Å². The molecule has 0 atom stereocenters. The first-order chi connectivity index (χ1) is 11.1. The average Bonchev–Trinajstić information content (AvgIpc) is 2.56. The predicted molar refractivity (Wildman–Crippen MR) is 88.0 cm³/mol. The minimum Gasteiger partial charge on any atom is -0.352 e. The van der Waals surface area contributed by atoms with Crippen LogP contribution in [0.15, 0.2) is 48.5 Å². The number of hydrogen-bond acceptors (Lipinski definition) is 2. The third-order valence-corrected chi connectivity index (χ3v) is 3.34. The first-order valence-electron chi connectivity index (χ1n) is 7.56. The maximum absolute atomic E-state index is 12.9. The number of nitrogens with one attached hydrogen (secondary N) is 2. The summed E-state index contributed by atoms with van der Waals surface area (Å²) in [6.07, 6.45) is 1.89. The van der Waals surface area contributed by atoms with Crippen LogP contribution in [-0.4, -0.2) is 18.4 Å². The molecular formula is C18H19FN2O2. The van der Waals surface area contributed by atoms with Crippen molar-refractivity contribution in [3.63, 3.8) is 0 Å². The van der Waals surface area contributed by atoms with Crippen molar-refractivity contribution >= 4 is 17.5 Å². The van der Waals surface area contributed by atoms with Gasteiger partial charge < -0.3 is 10.6 Å². The number of rotatable bonds is 6. The molecule has 0 heterocycles. The molecule has 0 unspecified atom stereocenters. The van der Waals surface area contributed by atoms with Gasteiger partial charge in [0, 0.05) is 12.1 Å². The predicted octanol–water partition coefficient (Wildman–Crippen LogP) is 3.61. The fourth-order valence-electron chi connectivity index (χ4n) is 2.06. The summed E-state index contributed by atoms with van der Waals surface area (Å²) in [6, 6.07) is 12.0. The van der Waals surface area contributed by atoms with Crippen LogP contribution in [0.5, 0.6) is 0 Å². The number of benzene rings is 2. The van der Waals surface area contributed by atoms with E-state index >= 15 is 0 Å². The maximum Gasteiger partial charge on any atom is 0.255 e. The van der Waals surface area contributed by atoms with Crippen molar-refractivity contribution in [2.45, 2.75) is 19.8 Å². The van der Waals surface area contributed by atoms with Crippen LogP contribution < -0.4 is 10.6 Å². The highest BCUT2D eigenvalue weighted by Crippen LogP contribution is 2.16. The topological polar surface area (TPSA) is 58.2 Å². The van der Waals surface area contributed by atoms with Gasteiger partial charge in [0.25, 0.3) is 11.8 Å². The Morgan fingerprint density at radius 3 is 2.39 bits per heavy atom. The molecule has 0 aliphatic carbocycles. The molecule has 2 rings (SSSR count). The van der Waals surface area contributed by atoms with E-state index in [0.29, 0.717) is 23.4 Å². The molecule has 5 heteroatoms. The minimum atomic E-state index is -0.405. The van der Waals surface area contributed by atoms with Gasteiger partial charge in [0.15, 0.2) is 0 Å². The molecule has 2 N–H and O–H groups in total. The summed E-state index contributed by atoms with van der Waals surface area (Å²) < 4.78 is 12.9. The van der Waals surface area contributed by atoms with Crippen LogP contribution in [0, 0.1) is 5.82 Å². The van der Waals surface area contributed by atoms with Gasteiger partial charge in [-0.2, -0.15) is 0 Å². The van der Waals surface area contributed by atoms with Gasteiger partial charge in [-0.05, 0) is 42.8 Å². The van der Waals surface area contributed by atoms with Crippen molar-refractivity contribution < 1.29 is 14.0 Å². The van der Waals surface area contributed by atoms with Crippen molar-refractivity contribution in [1.29, 1.82) is 0 Å². The van der Waals surface area contributed by atoms with Crippen LogP contribution in [0.25, 0.3) is 0 Å². The molecule has 0 aliphatic heterocycles. The Kier molecular flexibility index (Phi) is 5.86. The average molecular weight is 314 g/mol. The third kappa shape index (κ3) is 4.64. The number of para-hydroxylation sites is 1. The first kappa shape index (κ1) is 16.7. The zero-order chi connectivity index (χ0) is 16.7. The number of amides is 2. The number of anilines is 1. The Hall–Kier alpha value is -2.69. The standard InChI is InChI=1S/C18H19FN2O2/c1-2-3-12-20-18(23)15-6-4-5-7-16(15)21-17(22)13-8-10-14(19)11-9-13/h4-11H,2-3,12H2,1H3,(H,20,23)(H,21,22). The van der Waals surface area contributed by atoms with Gasteiger partial charge in [0.1, 0.15) is 5.82 Å². The second kappa shape index (κ2) is 8.08. The SMILES string of the molecule is CCCCNC(=O)c1ccccc1NC(=O)c1ccc(F)cc1. The molecule has 4 nitrogen and oxygen atoms in total. The lowest BCUT2D eigenvalue weighted by Gasteiger charge is -2.11. The normalized spacial score (nSPS) is 10.2. The summed E-state index contributed by atoms with van der Waals surface area (Å²) in [5, 5.41) is 5.52. The van der Waals surface area contributed by atoms with E-state index in [1.165, 1.54) is 24.3 Å². The molecule has 0 spiro atoms. The lowest BCUT2D eigenvalue weighted by molar-refractivity contribution is 0.0954. The number of carbonyl (C=O) groups excluding carboxylic acids is 2. The van der Waals surface area contributed by atoms with Crippen molar-refractivity contribution in [3.05, 3.63) is 65.5 Å². The van der Waals surface area contributed by atoms with E-state index in [2.05, 4.69) is 10.6 Å². The number of unbranched alkanes of at least 4 members (excludes halogenated alkanes) is 1. The summed E-state index contributed by atoms with van der Waals surface area (Å²) in [7, 11) is 0. The Balaban J connectivity index is 2.12. The Labute approximate surface area is 134 Å². The van der Waals surface area contributed by atoms with Gasteiger partial charge in [0.05, 0.1) is 11.3 Å². The van der Waals surface area contributed by atoms with E-state index in [-0.39, 0.29) is 11.8 Å². The number of carbonyl (C=O) groups is 2. The monoisotopic (exact) mass is 314 g/mol. The molecule has 0 fully saturated rings. The van der Waals surface area contributed by atoms with E-state index in [4.69, 9.17) is 0 Å². The maximum atomic E-state index is 12.9. The molecule has 2 aromatic carbocycles. The fourth-order valence-corrected chi connectivity index (χ4v) is 2.06. The van der Waals surface area contributed by atoms with Crippen molar-refractivity contribution in [2.75, 3.05) is 11.9 Å². The summed E-state index contributed by atoms with van der Waals surface area (Å²) in [5.74, 6) is -1.02. The molecule has 2 amide bonds. The molecule has 0 radical (unpaired) electrons. The minimum absolute atomic E-state index is 0.228. The van der Waals surface area contributed by atoms with Crippen LogP contribution in [0.3, 0.4) is 0 Å². The van der Waals surface area contributed by atoms with E-state index in [0.717, 1.165) is 12.8 Å². The van der Waals surface area contributed by atoms with E-state index in [9.17, 15) is 14.0 Å². The van der Waals surface area contributed by atoms with E-state index in [1.807, 2.05) is 6.92 Å². The molecule has 23 heavy (non-hydrogen) atoms. The van der Waals surface area contributed by atoms with Crippen LogP contribution in [-0.2, 0) is 0 Å². The van der Waals surface area contributed by atoms with E-state index in [1.54, 1.807) is 24.3 Å². The van der Waals surface area contributed by atoms with Crippen LogP contribution in [0.4, 0.5) is 10.1 Å². The Bertz CT molecular complexity index is 684. The lowest BCUT2D eigenvalue weighted by Crippen LogP contribution is -2.26. The van der Waals surface area contributed by atoms with Gasteiger partial charge >= 0.3 is 0 Å². The largest absolute Gasteiger partial charge is 0.352 e. The van der Waals surface area contributed by atoms with Gasteiger partial charge in [-0.25, -0.2) is 4.39 Å². The molecule has 0 aromatic heterocycles. The molecule has 0 aliphatic rings. The summed E-state index contributed by atoms with van der Waals surface area (Å²) in [6.45, 7) is 2.64. The molecule has 0 saturated heterocycles. The van der Waals surface area contributed by atoms with Gasteiger partial charge in [0.2, 0.25) is 0 Å². The highest BCUT2D eigenvalue weighted by atomic mass is 19.1. The molecule has 0 bridgehead atoms. The van der Waals surface area contributed by atoms with Crippen molar-refractivity contribution in [2.24, 2.45) is 0 Å². The van der Waals surface area contributed by atoms with Crippen molar-refractivity contribution in [1.82, 2.24) is 5.32 Å². The number of halogens is 1. The number of hydrogen-bond donors (Lipinski definition) is 2. The highest BCUT2D eigenvalue weighted by molar-refractivity contribution is 6.08. The molecule has 120 valence electrons. The van der Waals surface area contributed by atoms with Crippen LogP contribution >= 0.6 is 0 Å². The highest BCUT2D eigenvalue weighted by Gasteiger charge is 2.13. The van der Waals surface area contributed by atoms with Crippen LogP contribution in [0.2, 0.25) is 0 Å². The summed E-state index contributed by atoms with van der Waals surface area (Å²) in [5.41, 5.74) is 1.16. The van der Waals surface area contributed by atoms with Gasteiger partial charge in [-0.1, -0.05) is 25.5 Å². The second-order valence-corrected chi connectivity index (χ2v) is 5.12. The summed E-state index contributed by atoms with van der Waals surface area (Å²) in [4.78, 5) is 24.4. The van der Waals surface area contributed by atoms with Crippen molar-refractivity contribution in [3.8, 4) is 0 Å². The molecule has 0 saturated carbocycles. The Morgan fingerprint density at radius 2 is 1.70 bits per heavy atom. The zero-order valence-corrected chi connectivity index (χ0v) is 12.9. The first-order valence-corrected chi connectivity index (χ1v) is 7.56.